The van der Waals surface area contributed by atoms with Crippen LogP contribution in [0.3, 0.4) is 0 Å². The number of ether oxygens (including phenoxy) is 3. The highest BCUT2D eigenvalue weighted by Gasteiger charge is 2.30. The molecule has 1 N–H and O–H groups in total. The van der Waals surface area contributed by atoms with Crippen molar-refractivity contribution < 1.29 is 19.3 Å². The SMILES string of the molecule is Oc1cc2c(cc1[C@H](c1ccccc1Cl)N1CCOCC1)OCO2. The Morgan fingerprint density at radius 2 is 1.71 bits per heavy atom. The third-order valence-electron chi connectivity index (χ3n) is 4.43. The smallest absolute Gasteiger partial charge is 0.231 e. The number of hydrogen-bond donors (Lipinski definition) is 1. The van der Waals surface area contributed by atoms with Crippen LogP contribution in [0.25, 0.3) is 0 Å². The van der Waals surface area contributed by atoms with Gasteiger partial charge < -0.3 is 19.3 Å². The van der Waals surface area contributed by atoms with Gasteiger partial charge in [-0.2, -0.15) is 0 Å². The van der Waals surface area contributed by atoms with Gasteiger partial charge in [0.15, 0.2) is 11.5 Å². The molecule has 6 heteroatoms. The predicted octanol–water partition coefficient (Wildman–Crippen LogP) is 3.20. The maximum Gasteiger partial charge on any atom is 0.231 e. The molecule has 4 rings (SSSR count). The second-order valence-electron chi connectivity index (χ2n) is 5.84. The van der Waals surface area contributed by atoms with Crippen LogP contribution in [0.5, 0.6) is 17.2 Å². The molecular formula is C18H18ClNO4. The summed E-state index contributed by atoms with van der Waals surface area (Å²) in [6.45, 7) is 3.03. The molecule has 5 nitrogen and oxygen atoms in total. The zero-order chi connectivity index (χ0) is 16.5. The highest BCUT2D eigenvalue weighted by atomic mass is 35.5. The Balaban J connectivity index is 1.82. The lowest BCUT2D eigenvalue weighted by Crippen LogP contribution is -2.39. The maximum atomic E-state index is 10.6. The van der Waals surface area contributed by atoms with Crippen LogP contribution in [-0.2, 0) is 4.74 Å². The van der Waals surface area contributed by atoms with Gasteiger partial charge in [0.25, 0.3) is 0 Å². The van der Waals surface area contributed by atoms with Crippen LogP contribution in [0.1, 0.15) is 17.2 Å². The highest BCUT2D eigenvalue weighted by Crippen LogP contribution is 2.44. The standard InChI is InChI=1S/C18H18ClNO4/c19-14-4-2-1-3-12(14)18(20-5-7-22-8-6-20)13-9-16-17(10-15(13)21)24-11-23-16/h1-4,9-10,18,21H,5-8,11H2/t18-/m0/s1. The fraction of sp³-hybridized carbons (Fsp3) is 0.333. The first kappa shape index (κ1) is 15.6. The van der Waals surface area contributed by atoms with E-state index in [0.29, 0.717) is 29.7 Å². The summed E-state index contributed by atoms with van der Waals surface area (Å²) in [6.07, 6.45) is 0. The molecule has 0 saturated carbocycles. The van der Waals surface area contributed by atoms with Gasteiger partial charge in [-0.25, -0.2) is 0 Å². The molecule has 0 radical (unpaired) electrons. The molecule has 0 bridgehead atoms. The Morgan fingerprint density at radius 1 is 1.00 bits per heavy atom. The molecule has 126 valence electrons. The number of aromatic hydroxyl groups is 1. The van der Waals surface area contributed by atoms with E-state index in [9.17, 15) is 5.11 Å². The minimum Gasteiger partial charge on any atom is -0.507 e. The van der Waals surface area contributed by atoms with E-state index >= 15 is 0 Å². The zero-order valence-electron chi connectivity index (χ0n) is 13.1. The fourth-order valence-corrected chi connectivity index (χ4v) is 3.50. The third kappa shape index (κ3) is 2.79. The number of nitrogens with zero attached hydrogens (tertiary/aromatic N) is 1. The van der Waals surface area contributed by atoms with Crippen molar-refractivity contribution in [2.24, 2.45) is 0 Å². The summed E-state index contributed by atoms with van der Waals surface area (Å²) in [4.78, 5) is 2.27. The van der Waals surface area contributed by atoms with Crippen molar-refractivity contribution in [2.75, 3.05) is 33.1 Å². The molecule has 1 fully saturated rings. The molecular weight excluding hydrogens is 330 g/mol. The van der Waals surface area contributed by atoms with E-state index in [1.165, 1.54) is 0 Å². The van der Waals surface area contributed by atoms with E-state index in [4.69, 9.17) is 25.8 Å². The summed E-state index contributed by atoms with van der Waals surface area (Å²) in [5.41, 5.74) is 1.71. The molecule has 0 unspecified atom stereocenters. The maximum absolute atomic E-state index is 10.6. The van der Waals surface area contributed by atoms with Gasteiger partial charge in [0.05, 0.1) is 19.3 Å². The van der Waals surface area contributed by atoms with Gasteiger partial charge in [0.2, 0.25) is 6.79 Å². The van der Waals surface area contributed by atoms with Gasteiger partial charge in [0.1, 0.15) is 5.75 Å². The van der Waals surface area contributed by atoms with E-state index in [0.717, 1.165) is 24.2 Å². The number of phenols is 1. The van der Waals surface area contributed by atoms with Crippen LogP contribution in [-0.4, -0.2) is 43.1 Å². The number of benzene rings is 2. The number of halogens is 1. The number of phenolic OH excluding ortho intramolecular Hbond substituents is 1. The van der Waals surface area contributed by atoms with Crippen LogP contribution in [0, 0.1) is 0 Å². The second-order valence-corrected chi connectivity index (χ2v) is 6.24. The molecule has 0 amide bonds. The Morgan fingerprint density at radius 3 is 2.46 bits per heavy atom. The summed E-state index contributed by atoms with van der Waals surface area (Å²) >= 11 is 6.46. The molecule has 24 heavy (non-hydrogen) atoms. The van der Waals surface area contributed by atoms with Crippen LogP contribution in [0.4, 0.5) is 0 Å². The van der Waals surface area contributed by atoms with Crippen molar-refractivity contribution in [3.63, 3.8) is 0 Å². The van der Waals surface area contributed by atoms with E-state index in [1.54, 1.807) is 6.07 Å². The number of rotatable bonds is 3. The van der Waals surface area contributed by atoms with Crippen LogP contribution >= 0.6 is 11.6 Å². The summed E-state index contributed by atoms with van der Waals surface area (Å²) in [6, 6.07) is 11.0. The lowest BCUT2D eigenvalue weighted by Gasteiger charge is -2.35. The van der Waals surface area contributed by atoms with Gasteiger partial charge in [-0.1, -0.05) is 29.8 Å². The summed E-state index contributed by atoms with van der Waals surface area (Å²) < 4.78 is 16.3. The van der Waals surface area contributed by atoms with E-state index in [-0.39, 0.29) is 18.6 Å². The second kappa shape index (κ2) is 6.51. The van der Waals surface area contributed by atoms with Crippen molar-refractivity contribution in [3.8, 4) is 17.2 Å². The van der Waals surface area contributed by atoms with Crippen molar-refractivity contribution in [3.05, 3.63) is 52.5 Å². The molecule has 2 aromatic rings. The van der Waals surface area contributed by atoms with E-state index in [2.05, 4.69) is 4.90 Å². The molecule has 1 saturated heterocycles. The van der Waals surface area contributed by atoms with E-state index < -0.39 is 0 Å². The molecule has 2 aliphatic heterocycles. The van der Waals surface area contributed by atoms with Crippen molar-refractivity contribution in [1.29, 1.82) is 0 Å². The van der Waals surface area contributed by atoms with Gasteiger partial charge in [-0.3, -0.25) is 4.90 Å². The van der Waals surface area contributed by atoms with Gasteiger partial charge in [-0.15, -0.1) is 0 Å². The zero-order valence-corrected chi connectivity index (χ0v) is 13.8. The van der Waals surface area contributed by atoms with Crippen LogP contribution in [0.15, 0.2) is 36.4 Å². The van der Waals surface area contributed by atoms with Crippen molar-refractivity contribution >= 4 is 11.6 Å². The number of hydrogen-bond acceptors (Lipinski definition) is 5. The van der Waals surface area contributed by atoms with Gasteiger partial charge in [-0.05, 0) is 17.7 Å². The number of morpholine rings is 1. The fourth-order valence-electron chi connectivity index (χ4n) is 3.26. The minimum atomic E-state index is -0.169. The summed E-state index contributed by atoms with van der Waals surface area (Å²) in [5.74, 6) is 1.39. The molecule has 2 heterocycles. The predicted molar refractivity (Wildman–Crippen MR) is 89.9 cm³/mol. The third-order valence-corrected chi connectivity index (χ3v) is 4.77. The van der Waals surface area contributed by atoms with Crippen LogP contribution in [0.2, 0.25) is 5.02 Å². The minimum absolute atomic E-state index is 0.169. The van der Waals surface area contributed by atoms with Crippen LogP contribution < -0.4 is 9.47 Å². The molecule has 2 aliphatic rings. The largest absolute Gasteiger partial charge is 0.507 e. The highest BCUT2D eigenvalue weighted by molar-refractivity contribution is 6.31. The number of fused-ring (bicyclic) bond motifs is 1. The van der Waals surface area contributed by atoms with Gasteiger partial charge in [0, 0.05) is 29.7 Å². The van der Waals surface area contributed by atoms with Gasteiger partial charge >= 0.3 is 0 Å². The first-order chi connectivity index (χ1) is 11.7. The quantitative estimate of drug-likeness (QED) is 0.924. The molecule has 2 aromatic carbocycles. The normalized spacial score (nSPS) is 18.5. The Kier molecular flexibility index (Phi) is 4.22. The molecule has 1 atom stereocenters. The Bertz CT molecular complexity index is 746. The summed E-state index contributed by atoms with van der Waals surface area (Å²) in [7, 11) is 0. The average Bonchev–Trinajstić information content (AvgIpc) is 3.05. The molecule has 0 aromatic heterocycles. The first-order valence-corrected chi connectivity index (χ1v) is 8.30. The molecule has 0 spiro atoms. The lowest BCUT2D eigenvalue weighted by molar-refractivity contribution is 0.0235. The van der Waals surface area contributed by atoms with E-state index in [1.807, 2.05) is 30.3 Å². The average molecular weight is 348 g/mol. The van der Waals surface area contributed by atoms with Crippen molar-refractivity contribution in [2.45, 2.75) is 6.04 Å². The Hall–Kier alpha value is -1.95. The monoisotopic (exact) mass is 347 g/mol. The lowest BCUT2D eigenvalue weighted by atomic mass is 9.95. The topological polar surface area (TPSA) is 51.2 Å². The molecule has 0 aliphatic carbocycles. The first-order valence-electron chi connectivity index (χ1n) is 7.93. The Labute approximate surface area is 145 Å². The van der Waals surface area contributed by atoms with Crippen molar-refractivity contribution in [1.82, 2.24) is 4.90 Å². The summed E-state index contributed by atoms with van der Waals surface area (Å²) in [5, 5.41) is 11.3.